The van der Waals surface area contributed by atoms with Gasteiger partial charge in [-0.25, -0.2) is 0 Å². The summed E-state index contributed by atoms with van der Waals surface area (Å²) in [4.78, 5) is 0. The summed E-state index contributed by atoms with van der Waals surface area (Å²) in [6, 6.07) is 0. The quantitative estimate of drug-likeness (QED) is 0.766. The summed E-state index contributed by atoms with van der Waals surface area (Å²) in [7, 11) is 0. The molecule has 3 aliphatic heterocycles. The number of hydrogen-bond donors (Lipinski definition) is 1. The maximum atomic E-state index is 10.2. The van der Waals surface area contributed by atoms with Crippen molar-refractivity contribution in [2.45, 2.75) is 70.1 Å². The molecule has 102 valence electrons. The second-order valence-electron chi connectivity index (χ2n) is 5.66. The Hall–Kier alpha value is -0.620. The van der Waals surface area contributed by atoms with E-state index in [1.807, 2.05) is 26.8 Å². The minimum absolute atomic E-state index is 0.251. The number of aliphatic hydroxyl groups is 1. The smallest absolute Gasteiger partial charge is 0.190 e. The average molecular weight is 256 g/mol. The van der Waals surface area contributed by atoms with Crippen LogP contribution in [0.2, 0.25) is 0 Å². The third kappa shape index (κ3) is 2.16. The van der Waals surface area contributed by atoms with Gasteiger partial charge in [-0.1, -0.05) is 0 Å². The van der Waals surface area contributed by atoms with E-state index < -0.39 is 30.4 Å². The fraction of sp³-hybridized carbons (Fsp3) is 0.846. The van der Waals surface area contributed by atoms with Crippen molar-refractivity contribution in [1.29, 1.82) is 0 Å². The Morgan fingerprint density at radius 1 is 1.33 bits per heavy atom. The molecule has 0 aromatic carbocycles. The molecule has 0 aromatic rings. The number of rotatable bonds is 1. The molecule has 3 fully saturated rings. The van der Waals surface area contributed by atoms with Crippen LogP contribution >= 0.6 is 0 Å². The normalized spacial score (nSPS) is 48.4. The summed E-state index contributed by atoms with van der Waals surface area (Å²) in [6.07, 6.45) is 2.00. The van der Waals surface area contributed by atoms with Crippen LogP contribution < -0.4 is 0 Å². The maximum absolute atomic E-state index is 10.2. The van der Waals surface area contributed by atoms with Crippen molar-refractivity contribution in [3.8, 4) is 0 Å². The number of hydrogen-bond acceptors (Lipinski definition) is 5. The molecule has 3 saturated heterocycles. The molecule has 0 amide bonds. The van der Waals surface area contributed by atoms with Crippen molar-refractivity contribution < 1.29 is 24.1 Å². The van der Waals surface area contributed by atoms with E-state index in [4.69, 9.17) is 18.9 Å². The first kappa shape index (κ1) is 12.4. The first-order chi connectivity index (χ1) is 8.44. The van der Waals surface area contributed by atoms with Gasteiger partial charge in [0.05, 0.1) is 11.9 Å². The van der Waals surface area contributed by atoms with Gasteiger partial charge in [0.15, 0.2) is 12.1 Å². The summed E-state index contributed by atoms with van der Waals surface area (Å²) in [5, 5.41) is 10.2. The Balaban J connectivity index is 1.68. The van der Waals surface area contributed by atoms with Crippen LogP contribution in [0.3, 0.4) is 0 Å². The highest BCUT2D eigenvalue weighted by Gasteiger charge is 2.53. The first-order valence-electron chi connectivity index (χ1n) is 6.51. The Morgan fingerprint density at radius 2 is 2.11 bits per heavy atom. The summed E-state index contributed by atoms with van der Waals surface area (Å²) < 4.78 is 22.5. The van der Waals surface area contributed by atoms with Crippen LogP contribution in [0.4, 0.5) is 0 Å². The van der Waals surface area contributed by atoms with Crippen molar-refractivity contribution in [1.82, 2.24) is 0 Å². The molecular formula is C13H20O5. The van der Waals surface area contributed by atoms with Crippen molar-refractivity contribution >= 4 is 0 Å². The Morgan fingerprint density at radius 3 is 2.72 bits per heavy atom. The monoisotopic (exact) mass is 256 g/mol. The summed E-state index contributed by atoms with van der Waals surface area (Å²) >= 11 is 0. The summed E-state index contributed by atoms with van der Waals surface area (Å²) in [5.41, 5.74) is 0. The van der Waals surface area contributed by atoms with Crippen LogP contribution in [-0.2, 0) is 18.9 Å². The van der Waals surface area contributed by atoms with E-state index in [9.17, 15) is 5.11 Å². The van der Waals surface area contributed by atoms with E-state index in [0.29, 0.717) is 0 Å². The van der Waals surface area contributed by atoms with E-state index in [1.54, 1.807) is 0 Å². The number of aliphatic hydroxyl groups excluding tert-OH is 1. The average Bonchev–Trinajstić information content (AvgIpc) is 2.87. The summed E-state index contributed by atoms with van der Waals surface area (Å²) in [5.74, 6) is 0.207. The van der Waals surface area contributed by atoms with Gasteiger partial charge in [-0.3, -0.25) is 0 Å². The highest BCUT2D eigenvalue weighted by atomic mass is 16.8. The predicted molar refractivity (Wildman–Crippen MR) is 62.6 cm³/mol. The number of ether oxygens (including phenoxy) is 4. The largest absolute Gasteiger partial charge is 0.495 e. The molecule has 3 rings (SSSR count). The third-order valence-corrected chi connectivity index (χ3v) is 3.55. The highest BCUT2D eigenvalue weighted by Crippen LogP contribution is 2.38. The minimum Gasteiger partial charge on any atom is -0.495 e. The number of allylic oxidation sites excluding steroid dienone is 1. The zero-order valence-corrected chi connectivity index (χ0v) is 11.0. The van der Waals surface area contributed by atoms with Gasteiger partial charge in [-0.2, -0.15) is 0 Å². The molecule has 0 aliphatic carbocycles. The zero-order chi connectivity index (χ0) is 12.9. The number of fused-ring (bicyclic) bond motifs is 1. The van der Waals surface area contributed by atoms with Crippen LogP contribution in [0, 0.1) is 0 Å². The molecule has 0 saturated carbocycles. The molecule has 0 unspecified atom stereocenters. The molecule has 5 heteroatoms. The van der Waals surface area contributed by atoms with Gasteiger partial charge in [0, 0.05) is 6.42 Å². The van der Waals surface area contributed by atoms with Crippen LogP contribution in [0.15, 0.2) is 11.8 Å². The fourth-order valence-corrected chi connectivity index (χ4v) is 2.68. The SMILES string of the molecule is C[C@H]1CC/C(=C/[C@H]2O[C@@H]3OC(C)(C)O[C@@H]3[C@H]2O)O1. The van der Waals surface area contributed by atoms with Gasteiger partial charge < -0.3 is 24.1 Å². The van der Waals surface area contributed by atoms with Gasteiger partial charge in [-0.15, -0.1) is 0 Å². The fourth-order valence-electron chi connectivity index (χ4n) is 2.68. The lowest BCUT2D eigenvalue weighted by Gasteiger charge is -2.21. The lowest BCUT2D eigenvalue weighted by atomic mass is 10.1. The summed E-state index contributed by atoms with van der Waals surface area (Å²) in [6.45, 7) is 5.67. The lowest BCUT2D eigenvalue weighted by Crippen LogP contribution is -2.33. The molecule has 1 N–H and O–H groups in total. The highest BCUT2D eigenvalue weighted by molar-refractivity contribution is 5.08. The second-order valence-corrected chi connectivity index (χ2v) is 5.66. The second kappa shape index (κ2) is 4.20. The van der Waals surface area contributed by atoms with Crippen LogP contribution in [0.25, 0.3) is 0 Å². The van der Waals surface area contributed by atoms with Gasteiger partial charge in [0.2, 0.25) is 0 Å². The Labute approximate surface area is 107 Å². The van der Waals surface area contributed by atoms with Crippen LogP contribution in [0.1, 0.15) is 33.6 Å². The third-order valence-electron chi connectivity index (χ3n) is 3.55. The van der Waals surface area contributed by atoms with E-state index in [0.717, 1.165) is 18.6 Å². The lowest BCUT2D eigenvalue weighted by molar-refractivity contribution is -0.209. The molecule has 18 heavy (non-hydrogen) atoms. The predicted octanol–water partition coefficient (Wildman–Crippen LogP) is 1.31. The Kier molecular flexibility index (Phi) is 2.90. The standard InChI is InChI=1S/C13H20O5/c1-7-4-5-8(15-7)6-9-10(14)11-12(16-9)18-13(2,3)17-11/h6-7,9-12,14H,4-5H2,1-3H3/b8-6-/t7-,9+,10-,11+,12+/m0/s1. The molecule has 3 heterocycles. The Bertz CT molecular complexity index is 364. The van der Waals surface area contributed by atoms with Crippen LogP contribution in [-0.4, -0.2) is 41.6 Å². The van der Waals surface area contributed by atoms with Gasteiger partial charge in [0.1, 0.15) is 18.3 Å². The topological polar surface area (TPSA) is 57.2 Å². The molecule has 0 radical (unpaired) electrons. The van der Waals surface area contributed by atoms with E-state index in [1.165, 1.54) is 0 Å². The molecular weight excluding hydrogens is 236 g/mol. The van der Waals surface area contributed by atoms with Crippen molar-refractivity contribution in [2.75, 3.05) is 0 Å². The van der Waals surface area contributed by atoms with Gasteiger partial charge in [0.25, 0.3) is 0 Å². The molecule has 5 nitrogen and oxygen atoms in total. The maximum Gasteiger partial charge on any atom is 0.190 e. The van der Waals surface area contributed by atoms with Crippen molar-refractivity contribution in [2.24, 2.45) is 0 Å². The van der Waals surface area contributed by atoms with Crippen molar-refractivity contribution in [3.63, 3.8) is 0 Å². The van der Waals surface area contributed by atoms with Gasteiger partial charge >= 0.3 is 0 Å². The zero-order valence-electron chi connectivity index (χ0n) is 11.0. The van der Waals surface area contributed by atoms with Gasteiger partial charge in [-0.05, 0) is 33.3 Å². The molecule has 0 bridgehead atoms. The minimum atomic E-state index is -0.705. The molecule has 0 aromatic heterocycles. The molecule has 3 aliphatic rings. The van der Waals surface area contributed by atoms with E-state index in [2.05, 4.69) is 0 Å². The van der Waals surface area contributed by atoms with Crippen LogP contribution in [0.5, 0.6) is 0 Å². The van der Waals surface area contributed by atoms with Crippen molar-refractivity contribution in [3.05, 3.63) is 11.8 Å². The van der Waals surface area contributed by atoms with E-state index >= 15 is 0 Å². The van der Waals surface area contributed by atoms with E-state index in [-0.39, 0.29) is 6.10 Å². The first-order valence-corrected chi connectivity index (χ1v) is 6.51. The molecule has 5 atom stereocenters. The molecule has 0 spiro atoms.